The first-order chi connectivity index (χ1) is 10.8. The van der Waals surface area contributed by atoms with Gasteiger partial charge in [-0.3, -0.25) is 0 Å². The number of rotatable bonds is 17. The topological polar surface area (TPSA) is 84.5 Å². The van der Waals surface area contributed by atoms with E-state index in [0.29, 0.717) is 59.5 Å². The first-order valence-corrected chi connectivity index (χ1v) is 7.41. The molecule has 0 aromatic heterocycles. The molecule has 0 unspecified atom stereocenters. The third kappa shape index (κ3) is 17.3. The minimum absolute atomic E-state index is 0.0492. The van der Waals surface area contributed by atoms with Crippen molar-refractivity contribution in [2.24, 2.45) is 0 Å². The molecule has 0 atom stereocenters. The van der Waals surface area contributed by atoms with E-state index in [9.17, 15) is 4.79 Å². The molecule has 0 saturated heterocycles. The van der Waals surface area contributed by atoms with E-state index in [4.69, 9.17) is 23.7 Å². The highest BCUT2D eigenvalue weighted by Gasteiger charge is 1.98. The quantitative estimate of drug-likeness (QED) is 0.282. The second-order valence-electron chi connectivity index (χ2n) is 4.18. The number of hydrogen-bond donors (Lipinski definition) is 1. The van der Waals surface area contributed by atoms with E-state index in [2.05, 4.69) is 10.1 Å². The van der Waals surface area contributed by atoms with E-state index in [-0.39, 0.29) is 6.61 Å². The van der Waals surface area contributed by atoms with Crippen LogP contribution in [-0.2, 0) is 33.2 Å². The molecule has 0 amide bonds. The molecule has 8 heteroatoms. The first kappa shape index (κ1) is 21.2. The summed E-state index contributed by atoms with van der Waals surface area (Å²) in [6.45, 7) is 5.47. The summed E-state index contributed by atoms with van der Waals surface area (Å²) in [7, 11) is 3.20. The van der Waals surface area contributed by atoms with Crippen molar-refractivity contribution >= 4 is 5.97 Å². The van der Waals surface area contributed by atoms with E-state index >= 15 is 0 Å². The largest absolute Gasteiger partial charge is 0.467 e. The molecule has 0 aromatic rings. The molecule has 0 rings (SSSR count). The lowest BCUT2D eigenvalue weighted by Gasteiger charge is -2.07. The van der Waals surface area contributed by atoms with E-state index in [1.165, 1.54) is 7.11 Å². The summed E-state index contributed by atoms with van der Waals surface area (Å²) in [6.07, 6.45) is 0. The fraction of sp³-hybridized carbons (Fsp3) is 0.929. The lowest BCUT2D eigenvalue weighted by atomic mass is 10.6. The average molecular weight is 323 g/mol. The Hall–Kier alpha value is -0.770. The Morgan fingerprint density at radius 1 is 0.727 bits per heavy atom. The van der Waals surface area contributed by atoms with Crippen molar-refractivity contribution in [3.8, 4) is 0 Å². The number of likely N-dealkylation sites (N-methyl/N-ethyl adjacent to an activating group) is 1. The summed E-state index contributed by atoms with van der Waals surface area (Å²) in [6, 6.07) is 0. The molecule has 132 valence electrons. The van der Waals surface area contributed by atoms with Crippen LogP contribution < -0.4 is 5.32 Å². The maximum Gasteiger partial charge on any atom is 0.331 e. The smallest absolute Gasteiger partial charge is 0.331 e. The van der Waals surface area contributed by atoms with Crippen molar-refractivity contribution in [1.29, 1.82) is 0 Å². The van der Waals surface area contributed by atoms with E-state index in [0.717, 1.165) is 6.54 Å². The number of methoxy groups -OCH3 is 1. The lowest BCUT2D eigenvalue weighted by molar-refractivity contribution is -0.146. The van der Waals surface area contributed by atoms with Crippen LogP contribution in [0.15, 0.2) is 0 Å². The molecule has 0 spiro atoms. The monoisotopic (exact) mass is 323 g/mol. The summed E-state index contributed by atoms with van der Waals surface area (Å²) in [5, 5.41) is 3.00. The Kier molecular flexibility index (Phi) is 17.6. The number of carbonyl (C=O) groups is 1. The van der Waals surface area contributed by atoms with Crippen molar-refractivity contribution in [3.05, 3.63) is 0 Å². The Morgan fingerprint density at radius 3 is 1.55 bits per heavy atom. The fourth-order valence-corrected chi connectivity index (χ4v) is 1.27. The van der Waals surface area contributed by atoms with E-state index in [1.807, 2.05) is 7.05 Å². The molecule has 0 aliphatic heterocycles. The second kappa shape index (κ2) is 18.3. The molecule has 0 fully saturated rings. The Morgan fingerprint density at radius 2 is 1.14 bits per heavy atom. The fourth-order valence-electron chi connectivity index (χ4n) is 1.27. The average Bonchev–Trinajstić information content (AvgIpc) is 2.54. The van der Waals surface area contributed by atoms with Gasteiger partial charge in [0.15, 0.2) is 0 Å². The van der Waals surface area contributed by atoms with Crippen molar-refractivity contribution in [1.82, 2.24) is 5.32 Å². The standard InChI is InChI=1S/C14H29NO7/c1-15-3-4-18-5-6-19-7-8-20-9-10-21-11-12-22-13-14(16)17-2/h15H,3-13H2,1-2H3. The third-order valence-electron chi connectivity index (χ3n) is 2.43. The Bertz CT molecular complexity index is 241. The molecule has 8 nitrogen and oxygen atoms in total. The highest BCUT2D eigenvalue weighted by Crippen LogP contribution is 1.84. The van der Waals surface area contributed by atoms with Crippen LogP contribution in [0.5, 0.6) is 0 Å². The third-order valence-corrected chi connectivity index (χ3v) is 2.43. The number of esters is 1. The molecule has 0 saturated carbocycles. The van der Waals surface area contributed by atoms with Gasteiger partial charge in [0.05, 0.1) is 66.6 Å². The van der Waals surface area contributed by atoms with Crippen molar-refractivity contribution in [2.75, 3.05) is 86.8 Å². The summed E-state index contributed by atoms with van der Waals surface area (Å²) in [5.41, 5.74) is 0. The molecule has 0 aliphatic rings. The van der Waals surface area contributed by atoms with Gasteiger partial charge in [0.1, 0.15) is 6.61 Å². The maximum absolute atomic E-state index is 10.7. The van der Waals surface area contributed by atoms with Gasteiger partial charge in [-0.2, -0.15) is 0 Å². The molecule has 0 aliphatic carbocycles. The molecule has 0 heterocycles. The van der Waals surface area contributed by atoms with Crippen molar-refractivity contribution < 1.29 is 33.2 Å². The van der Waals surface area contributed by atoms with Crippen LogP contribution >= 0.6 is 0 Å². The minimum Gasteiger partial charge on any atom is -0.467 e. The molecule has 0 aromatic carbocycles. The van der Waals surface area contributed by atoms with Gasteiger partial charge in [0, 0.05) is 6.54 Å². The predicted molar refractivity (Wildman–Crippen MR) is 80.0 cm³/mol. The second-order valence-corrected chi connectivity index (χ2v) is 4.18. The van der Waals surface area contributed by atoms with E-state index < -0.39 is 5.97 Å². The van der Waals surface area contributed by atoms with Gasteiger partial charge in [-0.15, -0.1) is 0 Å². The zero-order chi connectivity index (χ0) is 16.3. The van der Waals surface area contributed by atoms with Crippen molar-refractivity contribution in [3.63, 3.8) is 0 Å². The first-order valence-electron chi connectivity index (χ1n) is 7.41. The molecule has 0 radical (unpaired) electrons. The lowest BCUT2D eigenvalue weighted by Crippen LogP contribution is -2.17. The van der Waals surface area contributed by atoms with E-state index in [1.54, 1.807) is 0 Å². The SMILES string of the molecule is CNCCOCCOCCOCCOCCOCC(=O)OC. The predicted octanol–water partition coefficient (Wildman–Crippen LogP) is -0.538. The van der Waals surface area contributed by atoms with Gasteiger partial charge in [-0.25, -0.2) is 4.79 Å². The normalized spacial score (nSPS) is 10.8. The van der Waals surface area contributed by atoms with Gasteiger partial charge < -0.3 is 33.7 Å². The van der Waals surface area contributed by atoms with Gasteiger partial charge in [-0.1, -0.05) is 0 Å². The van der Waals surface area contributed by atoms with Gasteiger partial charge in [0.2, 0.25) is 0 Å². The minimum atomic E-state index is -0.393. The summed E-state index contributed by atoms with van der Waals surface area (Å²) >= 11 is 0. The van der Waals surface area contributed by atoms with Gasteiger partial charge in [0.25, 0.3) is 0 Å². The maximum atomic E-state index is 10.7. The molecule has 0 bridgehead atoms. The highest BCUT2D eigenvalue weighted by atomic mass is 16.6. The molecule has 1 N–H and O–H groups in total. The summed E-state index contributed by atoms with van der Waals surface area (Å²) in [4.78, 5) is 10.7. The van der Waals surface area contributed by atoms with Crippen LogP contribution in [0, 0.1) is 0 Å². The molecular weight excluding hydrogens is 294 g/mol. The van der Waals surface area contributed by atoms with Crippen LogP contribution in [0.2, 0.25) is 0 Å². The van der Waals surface area contributed by atoms with Crippen LogP contribution in [0.3, 0.4) is 0 Å². The van der Waals surface area contributed by atoms with Crippen LogP contribution in [0.4, 0.5) is 0 Å². The zero-order valence-electron chi connectivity index (χ0n) is 13.6. The molecule has 22 heavy (non-hydrogen) atoms. The number of hydrogen-bond acceptors (Lipinski definition) is 8. The van der Waals surface area contributed by atoms with Crippen molar-refractivity contribution in [2.45, 2.75) is 0 Å². The van der Waals surface area contributed by atoms with Crippen LogP contribution in [0.1, 0.15) is 0 Å². The number of nitrogens with one attached hydrogen (secondary N) is 1. The van der Waals surface area contributed by atoms with Crippen LogP contribution in [-0.4, -0.2) is 92.7 Å². The van der Waals surface area contributed by atoms with Gasteiger partial charge in [-0.05, 0) is 7.05 Å². The number of ether oxygens (including phenoxy) is 6. The highest BCUT2D eigenvalue weighted by molar-refractivity contribution is 5.70. The Labute approximate surface area is 132 Å². The Balaban J connectivity index is 2.98. The van der Waals surface area contributed by atoms with Gasteiger partial charge >= 0.3 is 5.97 Å². The molecular formula is C14H29NO7. The number of carbonyl (C=O) groups excluding carboxylic acids is 1. The zero-order valence-corrected chi connectivity index (χ0v) is 13.6. The summed E-state index contributed by atoms with van der Waals surface area (Å²) < 4.78 is 30.7. The summed E-state index contributed by atoms with van der Waals surface area (Å²) in [5.74, 6) is -0.393. The van der Waals surface area contributed by atoms with Crippen LogP contribution in [0.25, 0.3) is 0 Å².